The molecule has 2 amide bonds. The van der Waals surface area contributed by atoms with Gasteiger partial charge in [-0.1, -0.05) is 24.3 Å². The summed E-state index contributed by atoms with van der Waals surface area (Å²) in [7, 11) is 0. The molecular weight excluding hydrogens is 406 g/mol. The third-order valence-corrected chi connectivity index (χ3v) is 5.27. The van der Waals surface area contributed by atoms with E-state index in [-0.39, 0.29) is 6.03 Å². The number of ether oxygens (including phenoxy) is 2. The average molecular weight is 436 g/mol. The Kier molecular flexibility index (Phi) is 7.73. The second kappa shape index (κ2) is 11.3. The molecule has 0 radical (unpaired) electrons. The Labute approximate surface area is 188 Å². The molecule has 1 aliphatic heterocycles. The van der Waals surface area contributed by atoms with Crippen molar-refractivity contribution in [3.63, 3.8) is 0 Å². The maximum Gasteiger partial charge on any atom is 0.319 e. The zero-order chi connectivity index (χ0) is 22.0. The summed E-state index contributed by atoms with van der Waals surface area (Å²) >= 11 is 0. The molecule has 0 aliphatic carbocycles. The highest BCUT2D eigenvalue weighted by Gasteiger charge is 2.10. The number of urea groups is 1. The van der Waals surface area contributed by atoms with Crippen LogP contribution in [0.1, 0.15) is 11.1 Å². The molecule has 8 nitrogen and oxygen atoms in total. The number of aromatic nitrogens is 2. The second-order valence-corrected chi connectivity index (χ2v) is 7.69. The third-order valence-electron chi connectivity index (χ3n) is 5.27. The van der Waals surface area contributed by atoms with Gasteiger partial charge >= 0.3 is 6.03 Å². The third kappa shape index (κ3) is 6.83. The summed E-state index contributed by atoms with van der Waals surface area (Å²) in [6, 6.07) is 15.4. The number of benzene rings is 2. The van der Waals surface area contributed by atoms with E-state index in [1.54, 1.807) is 12.5 Å². The van der Waals surface area contributed by atoms with Gasteiger partial charge in [-0.05, 0) is 35.4 Å². The molecule has 4 rings (SSSR count). The number of morpholine rings is 1. The Morgan fingerprint density at radius 1 is 1.09 bits per heavy atom. The molecule has 1 aliphatic rings. The van der Waals surface area contributed by atoms with E-state index in [0.717, 1.165) is 62.0 Å². The number of nitrogens with one attached hydrogen (secondary N) is 2. The van der Waals surface area contributed by atoms with Gasteiger partial charge in [-0.3, -0.25) is 4.90 Å². The Morgan fingerprint density at radius 3 is 2.72 bits per heavy atom. The number of hydrogen-bond acceptors (Lipinski definition) is 5. The summed E-state index contributed by atoms with van der Waals surface area (Å²) in [6.45, 7) is 6.18. The summed E-state index contributed by atoms with van der Waals surface area (Å²) in [5, 5.41) is 5.76. The predicted octanol–water partition coefficient (Wildman–Crippen LogP) is 2.96. The lowest BCUT2D eigenvalue weighted by atomic mass is 10.2. The Bertz CT molecular complexity index is 970. The number of hydrogen-bond donors (Lipinski definition) is 2. The number of anilines is 1. The molecule has 1 saturated heterocycles. The van der Waals surface area contributed by atoms with Crippen LogP contribution in [0.15, 0.2) is 67.3 Å². The van der Waals surface area contributed by atoms with Crippen molar-refractivity contribution in [2.24, 2.45) is 0 Å². The van der Waals surface area contributed by atoms with Gasteiger partial charge in [-0.2, -0.15) is 0 Å². The Balaban J connectivity index is 1.19. The first-order valence-electron chi connectivity index (χ1n) is 10.9. The van der Waals surface area contributed by atoms with Gasteiger partial charge in [0.2, 0.25) is 0 Å². The quantitative estimate of drug-likeness (QED) is 0.540. The van der Waals surface area contributed by atoms with Crippen molar-refractivity contribution in [2.45, 2.75) is 13.1 Å². The van der Waals surface area contributed by atoms with Gasteiger partial charge in [-0.15, -0.1) is 0 Å². The van der Waals surface area contributed by atoms with Crippen molar-refractivity contribution in [3.05, 3.63) is 78.4 Å². The maximum absolute atomic E-state index is 12.3. The number of carbonyl (C=O) groups is 1. The van der Waals surface area contributed by atoms with Gasteiger partial charge in [0.25, 0.3) is 0 Å². The second-order valence-electron chi connectivity index (χ2n) is 7.69. The van der Waals surface area contributed by atoms with Crippen LogP contribution in [0.3, 0.4) is 0 Å². The Morgan fingerprint density at radius 2 is 1.94 bits per heavy atom. The highest BCUT2D eigenvalue weighted by Crippen LogP contribution is 2.14. The van der Waals surface area contributed by atoms with Crippen LogP contribution in [0.2, 0.25) is 0 Å². The normalized spacial score (nSPS) is 14.1. The first-order chi connectivity index (χ1) is 15.7. The van der Waals surface area contributed by atoms with Gasteiger partial charge < -0.3 is 24.7 Å². The van der Waals surface area contributed by atoms with Crippen LogP contribution < -0.4 is 15.4 Å². The topological polar surface area (TPSA) is 80.6 Å². The standard InChI is InChI=1S/C24H29N5O3/c30-24(27-22-6-4-20(5-7-22)18-29-9-8-25-19-29)26-17-21-2-1-3-23(16-21)32-15-12-28-10-13-31-14-11-28/h1-9,16,19H,10-15,17-18H2,(H2,26,27,30). The van der Waals surface area contributed by atoms with Crippen molar-refractivity contribution in [2.75, 3.05) is 44.8 Å². The largest absolute Gasteiger partial charge is 0.492 e. The molecule has 3 aromatic rings. The van der Waals surface area contributed by atoms with Gasteiger partial charge in [0.1, 0.15) is 12.4 Å². The zero-order valence-corrected chi connectivity index (χ0v) is 18.1. The van der Waals surface area contributed by atoms with Gasteiger partial charge in [0.05, 0.1) is 19.5 Å². The lowest BCUT2D eigenvalue weighted by Crippen LogP contribution is -2.38. The SMILES string of the molecule is O=C(NCc1cccc(OCCN2CCOCC2)c1)Nc1ccc(Cn2ccnc2)cc1. The molecular formula is C24H29N5O3. The average Bonchev–Trinajstić information content (AvgIpc) is 3.33. The van der Waals surface area contributed by atoms with E-state index in [9.17, 15) is 4.79 Å². The lowest BCUT2D eigenvalue weighted by molar-refractivity contribution is 0.0322. The summed E-state index contributed by atoms with van der Waals surface area (Å²) in [6.07, 6.45) is 5.46. The van der Waals surface area contributed by atoms with Crippen molar-refractivity contribution >= 4 is 11.7 Å². The minimum atomic E-state index is -0.244. The molecule has 0 bridgehead atoms. The van der Waals surface area contributed by atoms with Gasteiger partial charge in [0, 0.05) is 50.8 Å². The number of carbonyl (C=O) groups excluding carboxylic acids is 1. The first-order valence-corrected chi connectivity index (χ1v) is 10.9. The fraction of sp³-hybridized carbons (Fsp3) is 0.333. The van der Waals surface area contributed by atoms with Crippen LogP contribution in [-0.2, 0) is 17.8 Å². The molecule has 0 unspecified atom stereocenters. The minimum absolute atomic E-state index is 0.244. The van der Waals surface area contributed by atoms with Crippen LogP contribution in [-0.4, -0.2) is 59.9 Å². The number of nitrogens with zero attached hydrogens (tertiary/aromatic N) is 3. The summed E-state index contributed by atoms with van der Waals surface area (Å²) in [4.78, 5) is 18.7. The molecule has 32 heavy (non-hydrogen) atoms. The molecule has 2 heterocycles. The molecule has 168 valence electrons. The molecule has 0 saturated carbocycles. The van der Waals surface area contributed by atoms with Crippen molar-refractivity contribution < 1.29 is 14.3 Å². The smallest absolute Gasteiger partial charge is 0.319 e. The first kappa shape index (κ1) is 21.9. The maximum atomic E-state index is 12.3. The summed E-state index contributed by atoms with van der Waals surface area (Å²) in [5.74, 6) is 0.812. The van der Waals surface area contributed by atoms with Crippen LogP contribution in [0.4, 0.5) is 10.5 Å². The zero-order valence-electron chi connectivity index (χ0n) is 18.1. The van der Waals surface area contributed by atoms with E-state index in [1.807, 2.05) is 59.3 Å². The van der Waals surface area contributed by atoms with E-state index in [0.29, 0.717) is 13.2 Å². The fourth-order valence-corrected chi connectivity index (χ4v) is 3.50. The van der Waals surface area contributed by atoms with E-state index < -0.39 is 0 Å². The van der Waals surface area contributed by atoms with Gasteiger partial charge in [-0.25, -0.2) is 9.78 Å². The molecule has 2 N–H and O–H groups in total. The van der Waals surface area contributed by atoms with E-state index in [4.69, 9.17) is 9.47 Å². The lowest BCUT2D eigenvalue weighted by Gasteiger charge is -2.26. The number of amides is 2. The van der Waals surface area contributed by atoms with Crippen LogP contribution in [0.5, 0.6) is 5.75 Å². The Hall–Kier alpha value is -3.36. The predicted molar refractivity (Wildman–Crippen MR) is 123 cm³/mol. The van der Waals surface area contributed by atoms with E-state index in [2.05, 4.69) is 20.5 Å². The van der Waals surface area contributed by atoms with Crippen molar-refractivity contribution in [3.8, 4) is 5.75 Å². The summed E-state index contributed by atoms with van der Waals surface area (Å²) in [5.41, 5.74) is 2.87. The molecule has 2 aromatic carbocycles. The highest BCUT2D eigenvalue weighted by atomic mass is 16.5. The highest BCUT2D eigenvalue weighted by molar-refractivity contribution is 5.89. The van der Waals surface area contributed by atoms with Crippen LogP contribution >= 0.6 is 0 Å². The van der Waals surface area contributed by atoms with E-state index >= 15 is 0 Å². The van der Waals surface area contributed by atoms with Crippen LogP contribution in [0.25, 0.3) is 0 Å². The molecule has 1 fully saturated rings. The minimum Gasteiger partial charge on any atom is -0.492 e. The number of imidazole rings is 1. The monoisotopic (exact) mass is 435 g/mol. The molecule has 0 atom stereocenters. The molecule has 8 heteroatoms. The van der Waals surface area contributed by atoms with Crippen molar-refractivity contribution in [1.82, 2.24) is 19.8 Å². The van der Waals surface area contributed by atoms with E-state index in [1.165, 1.54) is 0 Å². The molecule has 0 spiro atoms. The fourth-order valence-electron chi connectivity index (χ4n) is 3.50. The number of rotatable bonds is 9. The molecule has 1 aromatic heterocycles. The summed E-state index contributed by atoms with van der Waals surface area (Å²) < 4.78 is 13.2. The van der Waals surface area contributed by atoms with Crippen LogP contribution in [0, 0.1) is 0 Å². The van der Waals surface area contributed by atoms with Crippen molar-refractivity contribution in [1.29, 1.82) is 0 Å². The van der Waals surface area contributed by atoms with Gasteiger partial charge in [0.15, 0.2) is 0 Å².